The molecule has 0 saturated carbocycles. The van der Waals surface area contributed by atoms with Crippen LogP contribution in [0.4, 0.5) is 0 Å². The van der Waals surface area contributed by atoms with Crippen LogP contribution >= 0.6 is 23.2 Å². The number of β-amino-alcohol motifs (C(OH)–C–C–N with tert-alkyl or cyclic N) is 1. The topological polar surface area (TPSA) is 71.0 Å². The summed E-state index contributed by atoms with van der Waals surface area (Å²) in [6.07, 6.45) is 2.18. The fraction of sp³-hybridized carbons (Fsp3) is 0.667. The number of hydrogen-bond acceptors (Lipinski definition) is 5. The van der Waals surface area contributed by atoms with Gasteiger partial charge in [-0.2, -0.15) is 0 Å². The van der Waals surface area contributed by atoms with Crippen LogP contribution < -0.4 is 5.32 Å². The number of carbonyl (C=O) groups excluding carboxylic acids is 1. The highest BCUT2D eigenvalue weighted by atomic mass is 35.5. The van der Waals surface area contributed by atoms with Crippen molar-refractivity contribution in [1.29, 1.82) is 0 Å². The third-order valence-electron chi connectivity index (χ3n) is 5.44. The molecule has 0 radical (unpaired) electrons. The largest absolute Gasteiger partial charge is 0.389 e. The molecular formula is C21H30Cl2N2O4. The molecule has 4 atom stereocenters. The van der Waals surface area contributed by atoms with Gasteiger partial charge in [0.15, 0.2) is 0 Å². The first-order chi connectivity index (χ1) is 14.0. The van der Waals surface area contributed by atoms with Gasteiger partial charge in [-0.3, -0.25) is 9.69 Å². The zero-order chi connectivity index (χ0) is 20.8. The Kier molecular flexibility index (Phi) is 8.59. The van der Waals surface area contributed by atoms with Crippen LogP contribution in [0, 0.1) is 0 Å². The Morgan fingerprint density at radius 3 is 2.86 bits per heavy atom. The van der Waals surface area contributed by atoms with Crippen molar-refractivity contribution in [3.05, 3.63) is 33.8 Å². The summed E-state index contributed by atoms with van der Waals surface area (Å²) >= 11 is 12.2. The van der Waals surface area contributed by atoms with E-state index in [1.54, 1.807) is 6.07 Å². The van der Waals surface area contributed by atoms with Gasteiger partial charge in [0.05, 0.1) is 48.0 Å². The van der Waals surface area contributed by atoms with Crippen LogP contribution in [-0.4, -0.2) is 66.6 Å². The number of carbonyl (C=O) groups is 1. The smallest absolute Gasteiger partial charge is 0.222 e. The molecule has 0 aromatic heterocycles. The molecule has 2 fully saturated rings. The Labute approximate surface area is 182 Å². The maximum Gasteiger partial charge on any atom is 0.222 e. The Hall–Kier alpha value is -0.890. The summed E-state index contributed by atoms with van der Waals surface area (Å²) in [5.41, 5.74) is 1.04. The number of aliphatic hydroxyl groups excluding tert-OH is 1. The normalized spacial score (nSPS) is 28.3. The molecule has 1 aromatic carbocycles. The molecule has 3 rings (SSSR count). The average molecular weight is 445 g/mol. The van der Waals surface area contributed by atoms with Crippen LogP contribution in [0.3, 0.4) is 0 Å². The standard InChI is InChI=1S/C21H30Cl2N2O4/c1-2-7-24-21(27)9-16-4-6-19-20(29-16)13-28-12-15(26)11-25(19)10-14-3-5-17(22)18(23)8-14/h3,5,8,15-16,19-20,26H,2,4,6-7,9-13H2,1H3,(H,24,27)/t15-,16+,19+,20-/m0/s1. The number of nitrogens with zero attached hydrogens (tertiary/aromatic N) is 1. The molecule has 2 N–H and O–H groups in total. The molecule has 8 heteroatoms. The van der Waals surface area contributed by atoms with Crippen LogP contribution in [0.5, 0.6) is 0 Å². The molecule has 2 aliphatic heterocycles. The van der Waals surface area contributed by atoms with E-state index in [9.17, 15) is 9.90 Å². The first kappa shape index (κ1) is 22.8. The lowest BCUT2D eigenvalue weighted by atomic mass is 9.94. The van der Waals surface area contributed by atoms with Crippen LogP contribution in [-0.2, 0) is 20.8 Å². The molecular weight excluding hydrogens is 415 g/mol. The highest BCUT2D eigenvalue weighted by Gasteiger charge is 2.38. The fourth-order valence-electron chi connectivity index (χ4n) is 4.04. The number of nitrogens with one attached hydrogen (secondary N) is 1. The summed E-state index contributed by atoms with van der Waals surface area (Å²) < 4.78 is 11.9. The summed E-state index contributed by atoms with van der Waals surface area (Å²) in [4.78, 5) is 14.3. The Morgan fingerprint density at radius 1 is 1.28 bits per heavy atom. The Bertz CT molecular complexity index is 691. The summed E-state index contributed by atoms with van der Waals surface area (Å²) in [6.45, 7) is 4.53. The first-order valence-electron chi connectivity index (χ1n) is 10.3. The molecule has 162 valence electrons. The zero-order valence-corrected chi connectivity index (χ0v) is 18.3. The maximum atomic E-state index is 12.1. The number of halogens is 2. The minimum atomic E-state index is -0.559. The van der Waals surface area contributed by atoms with Crippen LogP contribution in [0.25, 0.3) is 0 Å². The molecule has 29 heavy (non-hydrogen) atoms. The van der Waals surface area contributed by atoms with E-state index in [4.69, 9.17) is 32.7 Å². The number of hydrogen-bond donors (Lipinski definition) is 2. The molecule has 0 unspecified atom stereocenters. The molecule has 2 aliphatic rings. The maximum absolute atomic E-state index is 12.1. The molecule has 0 spiro atoms. The minimum absolute atomic E-state index is 0.0325. The highest BCUT2D eigenvalue weighted by molar-refractivity contribution is 6.42. The second-order valence-electron chi connectivity index (χ2n) is 7.86. The van der Waals surface area contributed by atoms with Gasteiger partial charge in [0.25, 0.3) is 0 Å². The summed E-state index contributed by atoms with van der Waals surface area (Å²) in [6, 6.07) is 5.72. The van der Waals surface area contributed by atoms with Crippen molar-refractivity contribution in [1.82, 2.24) is 10.2 Å². The van der Waals surface area contributed by atoms with Gasteiger partial charge < -0.3 is 19.9 Å². The van der Waals surface area contributed by atoms with Crippen molar-refractivity contribution in [2.24, 2.45) is 0 Å². The SMILES string of the molecule is CCCNC(=O)C[C@H]1CC[C@@H]2[C@H](COC[C@@H](O)CN2Cc2ccc(Cl)c(Cl)c2)O1. The second-order valence-corrected chi connectivity index (χ2v) is 8.68. The van der Waals surface area contributed by atoms with Gasteiger partial charge in [0, 0.05) is 25.7 Å². The summed E-state index contributed by atoms with van der Waals surface area (Å²) in [7, 11) is 0. The molecule has 0 aliphatic carbocycles. The second kappa shape index (κ2) is 10.9. The van der Waals surface area contributed by atoms with Gasteiger partial charge in [0.2, 0.25) is 5.91 Å². The van der Waals surface area contributed by atoms with E-state index in [0.29, 0.717) is 42.7 Å². The quantitative estimate of drug-likeness (QED) is 0.705. The highest BCUT2D eigenvalue weighted by Crippen LogP contribution is 2.30. The van der Waals surface area contributed by atoms with Crippen molar-refractivity contribution in [3.63, 3.8) is 0 Å². The van der Waals surface area contributed by atoms with Gasteiger partial charge in [-0.1, -0.05) is 36.2 Å². The Balaban J connectivity index is 1.67. The van der Waals surface area contributed by atoms with E-state index in [1.807, 2.05) is 19.1 Å². The minimum Gasteiger partial charge on any atom is -0.389 e. The van der Waals surface area contributed by atoms with E-state index in [-0.39, 0.29) is 30.8 Å². The number of fused-ring (bicyclic) bond motifs is 1. The number of amides is 1. The lowest BCUT2D eigenvalue weighted by Crippen LogP contribution is -2.55. The van der Waals surface area contributed by atoms with Crippen LogP contribution in [0.1, 0.15) is 38.2 Å². The van der Waals surface area contributed by atoms with Crippen molar-refractivity contribution in [2.75, 3.05) is 26.3 Å². The number of ether oxygens (including phenoxy) is 2. The number of rotatable bonds is 6. The molecule has 0 bridgehead atoms. The number of benzene rings is 1. The van der Waals surface area contributed by atoms with E-state index < -0.39 is 6.10 Å². The van der Waals surface area contributed by atoms with Crippen LogP contribution in [0.2, 0.25) is 10.0 Å². The van der Waals surface area contributed by atoms with Gasteiger partial charge in [-0.25, -0.2) is 0 Å². The van der Waals surface area contributed by atoms with Crippen molar-refractivity contribution >= 4 is 29.1 Å². The third kappa shape index (κ3) is 6.54. The van der Waals surface area contributed by atoms with E-state index in [2.05, 4.69) is 10.2 Å². The van der Waals surface area contributed by atoms with Crippen molar-refractivity contribution in [2.45, 2.75) is 63.5 Å². The van der Waals surface area contributed by atoms with E-state index in [0.717, 1.165) is 24.8 Å². The van der Waals surface area contributed by atoms with Crippen molar-refractivity contribution < 1.29 is 19.4 Å². The molecule has 2 saturated heterocycles. The molecule has 1 amide bonds. The van der Waals surface area contributed by atoms with Crippen molar-refractivity contribution in [3.8, 4) is 0 Å². The predicted octanol–water partition coefficient (Wildman–Crippen LogP) is 3.02. The lowest BCUT2D eigenvalue weighted by Gasteiger charge is -2.44. The third-order valence-corrected chi connectivity index (χ3v) is 6.18. The summed E-state index contributed by atoms with van der Waals surface area (Å²) in [5.74, 6) is 0.0325. The van der Waals surface area contributed by atoms with E-state index in [1.165, 1.54) is 0 Å². The fourth-order valence-corrected chi connectivity index (χ4v) is 4.36. The van der Waals surface area contributed by atoms with Gasteiger partial charge in [-0.15, -0.1) is 0 Å². The zero-order valence-electron chi connectivity index (χ0n) is 16.8. The van der Waals surface area contributed by atoms with Gasteiger partial charge >= 0.3 is 0 Å². The van der Waals surface area contributed by atoms with Crippen LogP contribution in [0.15, 0.2) is 18.2 Å². The lowest BCUT2D eigenvalue weighted by molar-refractivity contribution is -0.158. The molecule has 6 nitrogen and oxygen atoms in total. The molecule has 1 aromatic rings. The summed E-state index contributed by atoms with van der Waals surface area (Å²) in [5, 5.41) is 14.3. The van der Waals surface area contributed by atoms with Gasteiger partial charge in [-0.05, 0) is 37.0 Å². The first-order valence-corrected chi connectivity index (χ1v) is 11.1. The predicted molar refractivity (Wildman–Crippen MR) is 113 cm³/mol. The number of aliphatic hydroxyl groups is 1. The monoisotopic (exact) mass is 444 g/mol. The Morgan fingerprint density at radius 2 is 2.10 bits per heavy atom. The average Bonchev–Trinajstić information content (AvgIpc) is 2.68. The van der Waals surface area contributed by atoms with Gasteiger partial charge in [0.1, 0.15) is 0 Å². The molecule has 2 heterocycles. The van der Waals surface area contributed by atoms with E-state index >= 15 is 0 Å².